The lowest BCUT2D eigenvalue weighted by atomic mass is 10.1. The van der Waals surface area contributed by atoms with E-state index in [1.165, 1.54) is 5.56 Å². The van der Waals surface area contributed by atoms with E-state index in [4.69, 9.17) is 5.73 Å². The number of hydrogen-bond acceptors (Lipinski definition) is 2. The first-order valence-electron chi connectivity index (χ1n) is 4.63. The van der Waals surface area contributed by atoms with Crippen LogP contribution in [0, 0.1) is 0 Å². The minimum absolute atomic E-state index is 0.561. The molecule has 0 radical (unpaired) electrons. The number of nitrogens with two attached hydrogens (primary N) is 1. The lowest BCUT2D eigenvalue weighted by molar-refractivity contribution is 0.247. The first-order valence-corrected chi connectivity index (χ1v) is 4.63. The number of hydrogen-bond donors (Lipinski definition) is 1. The van der Waals surface area contributed by atoms with Gasteiger partial charge in [-0.1, -0.05) is 30.3 Å². The van der Waals surface area contributed by atoms with E-state index < -0.39 is 6.03 Å². The maximum absolute atomic E-state index is 10.8. The molecule has 76 valence electrons. The van der Waals surface area contributed by atoms with Gasteiger partial charge in [-0.05, 0) is 11.1 Å². The van der Waals surface area contributed by atoms with Crippen LogP contribution >= 0.6 is 0 Å². The molecule has 0 aliphatic rings. The third-order valence-electron chi connectivity index (χ3n) is 2.11. The minimum Gasteiger partial charge on any atom is -0.350 e. The molecule has 2 aromatic rings. The van der Waals surface area contributed by atoms with E-state index in [1.54, 1.807) is 12.4 Å². The Bertz CT molecular complexity index is 462. The maximum atomic E-state index is 10.8. The smallest absolute Gasteiger partial charge is 0.339 e. The molecule has 0 unspecified atom stereocenters. The predicted octanol–water partition coefficient (Wildman–Crippen LogP) is 1.40. The van der Waals surface area contributed by atoms with Crippen LogP contribution in [0.3, 0.4) is 0 Å². The molecule has 0 spiro atoms. The van der Waals surface area contributed by atoms with Crippen molar-refractivity contribution in [2.75, 3.05) is 0 Å². The standard InChI is InChI=1S/C11H11N3O/c12-11(15)14-8-10(7-13-14)6-9-4-2-1-3-5-9/h1-5,7-8H,6H2,(H2,12,15). The highest BCUT2D eigenvalue weighted by Crippen LogP contribution is 2.07. The van der Waals surface area contributed by atoms with E-state index in [-0.39, 0.29) is 0 Å². The molecule has 4 heteroatoms. The van der Waals surface area contributed by atoms with Crippen LogP contribution in [-0.2, 0) is 6.42 Å². The minimum atomic E-state index is -0.561. The van der Waals surface area contributed by atoms with Crippen molar-refractivity contribution < 1.29 is 4.79 Å². The van der Waals surface area contributed by atoms with E-state index in [1.807, 2.05) is 30.3 Å². The summed E-state index contributed by atoms with van der Waals surface area (Å²) in [4.78, 5) is 10.8. The third-order valence-corrected chi connectivity index (χ3v) is 2.11. The van der Waals surface area contributed by atoms with Gasteiger partial charge >= 0.3 is 6.03 Å². The fourth-order valence-corrected chi connectivity index (χ4v) is 1.40. The Labute approximate surface area is 87.3 Å². The lowest BCUT2D eigenvalue weighted by Gasteiger charge is -1.96. The summed E-state index contributed by atoms with van der Waals surface area (Å²) < 4.78 is 1.14. The van der Waals surface area contributed by atoms with Crippen molar-refractivity contribution in [3.63, 3.8) is 0 Å². The van der Waals surface area contributed by atoms with Gasteiger partial charge in [0.25, 0.3) is 0 Å². The molecule has 2 rings (SSSR count). The van der Waals surface area contributed by atoms with Gasteiger partial charge in [0.1, 0.15) is 0 Å². The summed E-state index contributed by atoms with van der Waals surface area (Å²) in [5.41, 5.74) is 7.24. The summed E-state index contributed by atoms with van der Waals surface area (Å²) >= 11 is 0. The summed E-state index contributed by atoms with van der Waals surface area (Å²) in [5.74, 6) is 0. The Morgan fingerprint density at radius 3 is 2.60 bits per heavy atom. The van der Waals surface area contributed by atoms with Crippen molar-refractivity contribution in [1.82, 2.24) is 9.78 Å². The molecule has 4 nitrogen and oxygen atoms in total. The summed E-state index contributed by atoms with van der Waals surface area (Å²) in [6, 6.07) is 9.43. The Morgan fingerprint density at radius 2 is 2.00 bits per heavy atom. The topological polar surface area (TPSA) is 60.9 Å². The average molecular weight is 201 g/mol. The zero-order chi connectivity index (χ0) is 10.7. The van der Waals surface area contributed by atoms with E-state index in [0.717, 1.165) is 16.7 Å². The van der Waals surface area contributed by atoms with Gasteiger partial charge in [-0.2, -0.15) is 9.78 Å². The van der Waals surface area contributed by atoms with Crippen LogP contribution in [0.5, 0.6) is 0 Å². The van der Waals surface area contributed by atoms with Gasteiger partial charge in [0.2, 0.25) is 0 Å². The van der Waals surface area contributed by atoms with Crippen LogP contribution in [0.2, 0.25) is 0 Å². The number of amides is 1. The van der Waals surface area contributed by atoms with Crippen molar-refractivity contribution in [2.24, 2.45) is 5.73 Å². The fraction of sp³-hybridized carbons (Fsp3) is 0.0909. The van der Waals surface area contributed by atoms with E-state index >= 15 is 0 Å². The van der Waals surface area contributed by atoms with Gasteiger partial charge < -0.3 is 5.73 Å². The quantitative estimate of drug-likeness (QED) is 0.798. The second-order valence-electron chi connectivity index (χ2n) is 3.29. The van der Waals surface area contributed by atoms with Crippen LogP contribution in [0.1, 0.15) is 11.1 Å². The molecule has 15 heavy (non-hydrogen) atoms. The molecular weight excluding hydrogens is 190 g/mol. The van der Waals surface area contributed by atoms with E-state index in [2.05, 4.69) is 5.10 Å². The third kappa shape index (κ3) is 2.22. The van der Waals surface area contributed by atoms with E-state index in [9.17, 15) is 4.79 Å². The van der Waals surface area contributed by atoms with E-state index in [0.29, 0.717) is 0 Å². The predicted molar refractivity (Wildman–Crippen MR) is 56.5 cm³/mol. The number of primary amides is 1. The normalized spacial score (nSPS) is 10.1. The van der Waals surface area contributed by atoms with Crippen LogP contribution in [0.4, 0.5) is 4.79 Å². The highest BCUT2D eigenvalue weighted by molar-refractivity contribution is 5.73. The fourth-order valence-electron chi connectivity index (χ4n) is 1.40. The van der Waals surface area contributed by atoms with Crippen LogP contribution in [-0.4, -0.2) is 15.8 Å². The number of carbonyl (C=O) groups is 1. The molecule has 0 bridgehead atoms. The highest BCUT2D eigenvalue weighted by Gasteiger charge is 2.02. The largest absolute Gasteiger partial charge is 0.350 e. The second kappa shape index (κ2) is 3.96. The van der Waals surface area contributed by atoms with Crippen LogP contribution < -0.4 is 5.73 Å². The molecular formula is C11H11N3O. The molecule has 0 aliphatic heterocycles. The van der Waals surface area contributed by atoms with Crippen LogP contribution in [0.15, 0.2) is 42.7 Å². The molecule has 0 aliphatic carbocycles. The van der Waals surface area contributed by atoms with Crippen LogP contribution in [0.25, 0.3) is 0 Å². The first-order chi connectivity index (χ1) is 7.25. The van der Waals surface area contributed by atoms with Crippen molar-refractivity contribution >= 4 is 6.03 Å². The highest BCUT2D eigenvalue weighted by atomic mass is 16.2. The molecule has 0 fully saturated rings. The van der Waals surface area contributed by atoms with Crippen molar-refractivity contribution in [2.45, 2.75) is 6.42 Å². The molecule has 1 aromatic heterocycles. The second-order valence-corrected chi connectivity index (χ2v) is 3.29. The van der Waals surface area contributed by atoms with Gasteiger partial charge in [0.15, 0.2) is 0 Å². The van der Waals surface area contributed by atoms with Gasteiger partial charge in [-0.3, -0.25) is 0 Å². The Kier molecular flexibility index (Phi) is 2.49. The molecule has 0 saturated carbocycles. The molecule has 0 saturated heterocycles. The Hall–Kier alpha value is -2.10. The van der Waals surface area contributed by atoms with Crippen molar-refractivity contribution in [3.05, 3.63) is 53.9 Å². The van der Waals surface area contributed by atoms with Gasteiger partial charge in [-0.25, -0.2) is 4.79 Å². The molecule has 2 N–H and O–H groups in total. The SMILES string of the molecule is NC(=O)n1cc(Cc2ccccc2)cn1. The average Bonchev–Trinajstić information content (AvgIpc) is 2.68. The number of carbonyl (C=O) groups excluding carboxylic acids is 1. The summed E-state index contributed by atoms with van der Waals surface area (Å²) in [5, 5.41) is 3.85. The summed E-state index contributed by atoms with van der Waals surface area (Å²) in [6.07, 6.45) is 4.06. The van der Waals surface area contributed by atoms with Gasteiger partial charge in [0, 0.05) is 12.6 Å². The molecule has 0 atom stereocenters. The first kappa shape index (κ1) is 9.45. The van der Waals surface area contributed by atoms with Gasteiger partial charge in [-0.15, -0.1) is 0 Å². The monoisotopic (exact) mass is 201 g/mol. The number of benzene rings is 1. The molecule has 1 heterocycles. The van der Waals surface area contributed by atoms with Crippen molar-refractivity contribution in [1.29, 1.82) is 0 Å². The molecule has 1 amide bonds. The summed E-state index contributed by atoms with van der Waals surface area (Å²) in [6.45, 7) is 0. The lowest BCUT2D eigenvalue weighted by Crippen LogP contribution is -2.19. The van der Waals surface area contributed by atoms with Crippen molar-refractivity contribution in [3.8, 4) is 0 Å². The maximum Gasteiger partial charge on any atom is 0.339 e. The summed E-state index contributed by atoms with van der Waals surface area (Å²) in [7, 11) is 0. The zero-order valence-corrected chi connectivity index (χ0v) is 8.13. The Morgan fingerprint density at radius 1 is 1.27 bits per heavy atom. The Balaban J connectivity index is 2.15. The number of rotatable bonds is 2. The van der Waals surface area contributed by atoms with Gasteiger partial charge in [0.05, 0.1) is 6.20 Å². The number of nitrogens with zero attached hydrogens (tertiary/aromatic N) is 2. The zero-order valence-electron chi connectivity index (χ0n) is 8.13. The number of aromatic nitrogens is 2. The molecule has 1 aromatic carbocycles.